The van der Waals surface area contributed by atoms with Crippen molar-refractivity contribution in [3.8, 4) is 11.5 Å². The average Bonchev–Trinajstić information content (AvgIpc) is 2.52. The molecule has 1 atom stereocenters. The van der Waals surface area contributed by atoms with E-state index in [4.69, 9.17) is 9.47 Å². The van der Waals surface area contributed by atoms with E-state index in [1.54, 1.807) is 14.2 Å². The van der Waals surface area contributed by atoms with Crippen molar-refractivity contribution in [2.24, 2.45) is 5.92 Å². The van der Waals surface area contributed by atoms with Gasteiger partial charge in [-0.05, 0) is 49.9 Å². The van der Waals surface area contributed by atoms with Crippen LogP contribution in [0.2, 0.25) is 0 Å². The lowest BCUT2D eigenvalue weighted by atomic mass is 9.86. The predicted octanol–water partition coefficient (Wildman–Crippen LogP) is 4.05. The SMILES string of the molecule is CCCC(CCC)C(Cc1ccc(OC)c(OC)c1)NC. The highest BCUT2D eigenvalue weighted by atomic mass is 16.5. The molecule has 0 bridgehead atoms. The Bertz CT molecular complexity index is 400. The molecule has 0 aliphatic carbocycles. The Balaban J connectivity index is 2.84. The Morgan fingerprint density at radius 1 is 1.00 bits per heavy atom. The van der Waals surface area contributed by atoms with E-state index in [1.165, 1.54) is 31.2 Å². The van der Waals surface area contributed by atoms with Crippen molar-refractivity contribution in [2.75, 3.05) is 21.3 Å². The van der Waals surface area contributed by atoms with E-state index in [2.05, 4.69) is 38.3 Å². The average molecular weight is 293 g/mol. The molecular formula is C18H31NO2. The molecule has 1 N–H and O–H groups in total. The maximum absolute atomic E-state index is 5.40. The van der Waals surface area contributed by atoms with E-state index < -0.39 is 0 Å². The molecule has 21 heavy (non-hydrogen) atoms. The Kier molecular flexibility index (Phi) is 8.21. The maximum atomic E-state index is 5.40. The standard InChI is InChI=1S/C18H31NO2/c1-6-8-15(9-7-2)16(19-3)12-14-10-11-17(20-4)18(13-14)21-5/h10-11,13,15-16,19H,6-9,12H2,1-5H3. The summed E-state index contributed by atoms with van der Waals surface area (Å²) >= 11 is 0. The largest absolute Gasteiger partial charge is 0.493 e. The molecule has 0 heterocycles. The van der Waals surface area contributed by atoms with Crippen LogP contribution in [-0.2, 0) is 6.42 Å². The molecule has 0 aromatic heterocycles. The van der Waals surface area contributed by atoms with Crippen molar-refractivity contribution < 1.29 is 9.47 Å². The summed E-state index contributed by atoms with van der Waals surface area (Å²) in [5, 5.41) is 3.51. The van der Waals surface area contributed by atoms with E-state index >= 15 is 0 Å². The van der Waals surface area contributed by atoms with E-state index in [0.717, 1.165) is 23.8 Å². The highest BCUT2D eigenvalue weighted by molar-refractivity contribution is 5.43. The number of rotatable bonds is 10. The van der Waals surface area contributed by atoms with E-state index in [0.29, 0.717) is 6.04 Å². The number of benzene rings is 1. The molecule has 0 radical (unpaired) electrons. The molecule has 1 aromatic rings. The minimum Gasteiger partial charge on any atom is -0.493 e. The highest BCUT2D eigenvalue weighted by Crippen LogP contribution is 2.29. The lowest BCUT2D eigenvalue weighted by Crippen LogP contribution is -2.35. The molecule has 0 aliphatic rings. The van der Waals surface area contributed by atoms with E-state index in [1.807, 2.05) is 6.07 Å². The Hall–Kier alpha value is -1.22. The van der Waals surface area contributed by atoms with Crippen molar-refractivity contribution in [2.45, 2.75) is 52.0 Å². The quantitative estimate of drug-likeness (QED) is 0.706. The zero-order valence-corrected chi connectivity index (χ0v) is 14.2. The van der Waals surface area contributed by atoms with Gasteiger partial charge in [0.1, 0.15) is 0 Å². The lowest BCUT2D eigenvalue weighted by Gasteiger charge is -2.27. The number of methoxy groups -OCH3 is 2. The van der Waals surface area contributed by atoms with Gasteiger partial charge in [-0.1, -0.05) is 32.8 Å². The van der Waals surface area contributed by atoms with Gasteiger partial charge in [0.25, 0.3) is 0 Å². The van der Waals surface area contributed by atoms with Crippen LogP contribution >= 0.6 is 0 Å². The Morgan fingerprint density at radius 3 is 2.10 bits per heavy atom. The zero-order chi connectivity index (χ0) is 15.7. The Labute approximate surface area is 130 Å². The number of likely N-dealkylation sites (N-methyl/N-ethyl adjacent to an activating group) is 1. The molecule has 3 heteroatoms. The van der Waals surface area contributed by atoms with Crippen molar-refractivity contribution in [1.29, 1.82) is 0 Å². The molecule has 1 unspecified atom stereocenters. The summed E-state index contributed by atoms with van der Waals surface area (Å²) in [6.07, 6.45) is 6.09. The first-order valence-corrected chi connectivity index (χ1v) is 8.08. The van der Waals surface area contributed by atoms with Gasteiger partial charge in [0.05, 0.1) is 14.2 Å². The third kappa shape index (κ3) is 5.24. The van der Waals surface area contributed by atoms with Crippen LogP contribution in [0.3, 0.4) is 0 Å². The lowest BCUT2D eigenvalue weighted by molar-refractivity contribution is 0.321. The van der Waals surface area contributed by atoms with Gasteiger partial charge in [0.2, 0.25) is 0 Å². The second kappa shape index (κ2) is 9.67. The molecule has 1 aromatic carbocycles. The van der Waals surface area contributed by atoms with Crippen LogP contribution in [-0.4, -0.2) is 27.3 Å². The smallest absolute Gasteiger partial charge is 0.160 e. The van der Waals surface area contributed by atoms with Crippen molar-refractivity contribution >= 4 is 0 Å². The monoisotopic (exact) mass is 293 g/mol. The summed E-state index contributed by atoms with van der Waals surface area (Å²) in [5.74, 6) is 2.34. The van der Waals surface area contributed by atoms with Gasteiger partial charge < -0.3 is 14.8 Å². The number of hydrogen-bond acceptors (Lipinski definition) is 3. The zero-order valence-electron chi connectivity index (χ0n) is 14.2. The van der Waals surface area contributed by atoms with Gasteiger partial charge in [-0.2, -0.15) is 0 Å². The molecule has 0 saturated carbocycles. The summed E-state index contributed by atoms with van der Waals surface area (Å²) in [6.45, 7) is 4.54. The van der Waals surface area contributed by atoms with Crippen LogP contribution in [0.5, 0.6) is 11.5 Å². The number of ether oxygens (including phenoxy) is 2. The first-order chi connectivity index (χ1) is 10.2. The number of hydrogen-bond donors (Lipinski definition) is 1. The fourth-order valence-corrected chi connectivity index (χ4v) is 3.05. The first-order valence-electron chi connectivity index (χ1n) is 8.08. The summed E-state index contributed by atoms with van der Waals surface area (Å²) in [5.41, 5.74) is 1.30. The minimum absolute atomic E-state index is 0.517. The molecule has 120 valence electrons. The predicted molar refractivity (Wildman–Crippen MR) is 89.4 cm³/mol. The molecule has 0 saturated heterocycles. The fourth-order valence-electron chi connectivity index (χ4n) is 3.05. The van der Waals surface area contributed by atoms with Gasteiger partial charge in [0, 0.05) is 6.04 Å². The second-order valence-electron chi connectivity index (χ2n) is 5.63. The van der Waals surface area contributed by atoms with Gasteiger partial charge in [-0.25, -0.2) is 0 Å². The van der Waals surface area contributed by atoms with E-state index in [-0.39, 0.29) is 0 Å². The molecule has 0 spiro atoms. The van der Waals surface area contributed by atoms with Gasteiger partial charge >= 0.3 is 0 Å². The third-order valence-corrected chi connectivity index (χ3v) is 4.16. The van der Waals surface area contributed by atoms with Crippen LogP contribution in [0, 0.1) is 5.92 Å². The van der Waals surface area contributed by atoms with Crippen LogP contribution in [0.4, 0.5) is 0 Å². The minimum atomic E-state index is 0.517. The summed E-state index contributed by atoms with van der Waals surface area (Å²) in [4.78, 5) is 0. The van der Waals surface area contributed by atoms with Crippen LogP contribution in [0.1, 0.15) is 45.1 Å². The highest BCUT2D eigenvalue weighted by Gasteiger charge is 2.19. The molecule has 3 nitrogen and oxygen atoms in total. The summed E-state index contributed by atoms with van der Waals surface area (Å²) in [7, 11) is 5.43. The van der Waals surface area contributed by atoms with Crippen molar-refractivity contribution in [1.82, 2.24) is 5.32 Å². The second-order valence-corrected chi connectivity index (χ2v) is 5.63. The van der Waals surface area contributed by atoms with Crippen molar-refractivity contribution in [3.63, 3.8) is 0 Å². The molecule has 0 fully saturated rings. The summed E-state index contributed by atoms with van der Waals surface area (Å²) < 4.78 is 10.7. The topological polar surface area (TPSA) is 30.5 Å². The molecular weight excluding hydrogens is 262 g/mol. The number of nitrogens with one attached hydrogen (secondary N) is 1. The first kappa shape index (κ1) is 17.8. The molecule has 0 amide bonds. The summed E-state index contributed by atoms with van der Waals surface area (Å²) in [6, 6.07) is 6.75. The van der Waals surface area contributed by atoms with Gasteiger partial charge in [0.15, 0.2) is 11.5 Å². The fraction of sp³-hybridized carbons (Fsp3) is 0.667. The molecule has 0 aliphatic heterocycles. The normalized spacial score (nSPS) is 12.5. The van der Waals surface area contributed by atoms with Crippen molar-refractivity contribution in [3.05, 3.63) is 23.8 Å². The Morgan fingerprint density at radius 2 is 1.62 bits per heavy atom. The van der Waals surface area contributed by atoms with Crippen LogP contribution in [0.15, 0.2) is 18.2 Å². The van der Waals surface area contributed by atoms with E-state index in [9.17, 15) is 0 Å². The third-order valence-electron chi connectivity index (χ3n) is 4.16. The molecule has 1 rings (SSSR count). The van der Waals surface area contributed by atoms with Crippen LogP contribution < -0.4 is 14.8 Å². The van der Waals surface area contributed by atoms with Gasteiger partial charge in [-0.15, -0.1) is 0 Å². The maximum Gasteiger partial charge on any atom is 0.160 e. The van der Waals surface area contributed by atoms with Gasteiger partial charge in [-0.3, -0.25) is 0 Å². The van der Waals surface area contributed by atoms with Crippen LogP contribution in [0.25, 0.3) is 0 Å².